The lowest BCUT2D eigenvalue weighted by Gasteiger charge is -2.06. The molecule has 0 fully saturated rings. The van der Waals surface area contributed by atoms with E-state index < -0.39 is 5.97 Å². The van der Waals surface area contributed by atoms with Crippen LogP contribution in [0.5, 0.6) is 5.75 Å². The summed E-state index contributed by atoms with van der Waals surface area (Å²) in [6.45, 7) is -0.217. The van der Waals surface area contributed by atoms with Crippen molar-refractivity contribution >= 4 is 30.0 Å². The van der Waals surface area contributed by atoms with Crippen molar-refractivity contribution in [3.8, 4) is 5.75 Å². The van der Waals surface area contributed by atoms with E-state index in [1.54, 1.807) is 24.3 Å². The Labute approximate surface area is 111 Å². The molecular formula is C11H15ClN2O4. The Hall–Kier alpha value is -1.79. The van der Waals surface area contributed by atoms with Gasteiger partial charge in [0.1, 0.15) is 5.75 Å². The van der Waals surface area contributed by atoms with Gasteiger partial charge >= 0.3 is 5.97 Å². The predicted molar refractivity (Wildman–Crippen MR) is 68.9 cm³/mol. The zero-order valence-electron chi connectivity index (χ0n) is 9.84. The first-order chi connectivity index (χ1) is 8.15. The maximum absolute atomic E-state index is 11.0. The van der Waals surface area contributed by atoms with Crippen LogP contribution in [0.15, 0.2) is 24.3 Å². The summed E-state index contributed by atoms with van der Waals surface area (Å²) in [6.07, 6.45) is 0. The van der Waals surface area contributed by atoms with Gasteiger partial charge in [-0.3, -0.25) is 4.79 Å². The molecule has 0 heterocycles. The molecule has 1 rings (SSSR count). The second kappa shape index (κ2) is 8.32. The average Bonchev–Trinajstić information content (AvgIpc) is 2.37. The molecule has 0 bridgehead atoms. The van der Waals surface area contributed by atoms with Crippen molar-refractivity contribution in [3.63, 3.8) is 0 Å². The summed E-state index contributed by atoms with van der Waals surface area (Å²) in [4.78, 5) is 21.8. The first-order valence-electron chi connectivity index (χ1n) is 4.95. The van der Waals surface area contributed by atoms with Crippen LogP contribution in [0.4, 0.5) is 5.69 Å². The fourth-order valence-corrected chi connectivity index (χ4v) is 1.05. The number of methoxy groups -OCH3 is 1. The van der Waals surface area contributed by atoms with E-state index in [1.165, 1.54) is 7.11 Å². The maximum Gasteiger partial charge on any atom is 0.343 e. The molecule has 0 saturated carbocycles. The van der Waals surface area contributed by atoms with Gasteiger partial charge in [-0.2, -0.15) is 0 Å². The Balaban J connectivity index is 0.00000289. The fourth-order valence-electron chi connectivity index (χ4n) is 1.05. The lowest BCUT2D eigenvalue weighted by molar-refractivity contribution is -0.142. The van der Waals surface area contributed by atoms with E-state index in [-0.39, 0.29) is 31.5 Å². The van der Waals surface area contributed by atoms with E-state index in [1.807, 2.05) is 0 Å². The number of nitrogens with one attached hydrogen (secondary N) is 1. The molecule has 0 aromatic heterocycles. The fraction of sp³-hybridized carbons (Fsp3) is 0.273. The van der Waals surface area contributed by atoms with Gasteiger partial charge in [-0.15, -0.1) is 12.4 Å². The Morgan fingerprint density at radius 2 is 1.89 bits per heavy atom. The number of esters is 1. The van der Waals surface area contributed by atoms with E-state index in [0.717, 1.165) is 0 Å². The molecule has 1 aromatic rings. The highest BCUT2D eigenvalue weighted by Gasteiger charge is 2.02. The quantitative estimate of drug-likeness (QED) is 0.766. The number of anilines is 1. The third kappa shape index (κ3) is 5.51. The second-order valence-corrected chi connectivity index (χ2v) is 3.14. The van der Waals surface area contributed by atoms with E-state index >= 15 is 0 Å². The summed E-state index contributed by atoms with van der Waals surface area (Å²) in [6, 6.07) is 6.57. The minimum atomic E-state index is -0.453. The molecule has 0 aliphatic carbocycles. The van der Waals surface area contributed by atoms with Crippen molar-refractivity contribution in [3.05, 3.63) is 24.3 Å². The van der Waals surface area contributed by atoms with Gasteiger partial charge < -0.3 is 20.5 Å². The molecule has 1 aromatic carbocycles. The molecule has 0 aliphatic heterocycles. The number of carbonyl (C=O) groups is 2. The first-order valence-corrected chi connectivity index (χ1v) is 4.95. The molecule has 1 amide bonds. The molecule has 0 radical (unpaired) electrons. The standard InChI is InChI=1S/C11H14N2O4.ClH/c1-16-11(15)7-17-9-4-2-8(3-5-9)13-10(14)6-12;/h2-5H,6-7,12H2,1H3,(H,13,14);1H. The number of benzene rings is 1. The number of hydrogen-bond donors (Lipinski definition) is 2. The highest BCUT2D eigenvalue weighted by molar-refractivity contribution is 5.92. The number of halogens is 1. The molecule has 100 valence electrons. The molecule has 0 atom stereocenters. The molecule has 0 saturated heterocycles. The van der Waals surface area contributed by atoms with Crippen LogP contribution in [-0.4, -0.2) is 32.1 Å². The minimum absolute atomic E-state index is 0. The first kappa shape index (κ1) is 16.2. The minimum Gasteiger partial charge on any atom is -0.482 e. The third-order valence-corrected chi connectivity index (χ3v) is 1.91. The number of carbonyl (C=O) groups excluding carboxylic acids is 2. The summed E-state index contributed by atoms with van der Waals surface area (Å²) in [5, 5.41) is 2.58. The van der Waals surface area contributed by atoms with Crippen LogP contribution in [0.25, 0.3) is 0 Å². The zero-order valence-corrected chi connectivity index (χ0v) is 10.7. The van der Waals surface area contributed by atoms with Gasteiger partial charge in [0.2, 0.25) is 5.91 Å². The predicted octanol–water partition coefficient (Wildman–Crippen LogP) is 0.557. The monoisotopic (exact) mass is 274 g/mol. The van der Waals surface area contributed by atoms with Crippen LogP contribution in [0.1, 0.15) is 0 Å². The van der Waals surface area contributed by atoms with Crippen LogP contribution in [0.3, 0.4) is 0 Å². The van der Waals surface area contributed by atoms with E-state index in [0.29, 0.717) is 11.4 Å². The van der Waals surface area contributed by atoms with Gasteiger partial charge in [0.15, 0.2) is 6.61 Å². The summed E-state index contributed by atoms with van der Waals surface area (Å²) >= 11 is 0. The van der Waals surface area contributed by atoms with Gasteiger partial charge in [0.05, 0.1) is 13.7 Å². The van der Waals surface area contributed by atoms with E-state index in [2.05, 4.69) is 10.1 Å². The normalized spacial score (nSPS) is 9.00. The lowest BCUT2D eigenvalue weighted by atomic mass is 10.3. The average molecular weight is 275 g/mol. The van der Waals surface area contributed by atoms with Gasteiger partial charge in [0.25, 0.3) is 0 Å². The SMILES string of the molecule is COC(=O)COc1ccc(NC(=O)CN)cc1.Cl. The van der Waals surface area contributed by atoms with Crippen LogP contribution in [0.2, 0.25) is 0 Å². The lowest BCUT2D eigenvalue weighted by Crippen LogP contribution is -2.21. The number of rotatable bonds is 5. The molecular weight excluding hydrogens is 260 g/mol. The summed E-state index contributed by atoms with van der Waals surface area (Å²) in [5.41, 5.74) is 5.77. The van der Waals surface area contributed by atoms with Gasteiger partial charge in [-0.25, -0.2) is 4.79 Å². The number of amides is 1. The van der Waals surface area contributed by atoms with Crippen LogP contribution >= 0.6 is 12.4 Å². The Morgan fingerprint density at radius 1 is 1.28 bits per heavy atom. The van der Waals surface area contributed by atoms with Gasteiger partial charge in [0, 0.05) is 5.69 Å². The van der Waals surface area contributed by atoms with Gasteiger partial charge in [-0.05, 0) is 24.3 Å². The highest BCUT2D eigenvalue weighted by Crippen LogP contribution is 2.15. The molecule has 6 nitrogen and oxygen atoms in total. The Bertz CT molecular complexity index is 395. The molecule has 7 heteroatoms. The Kier molecular flexibility index (Phi) is 7.50. The number of hydrogen-bond acceptors (Lipinski definition) is 5. The molecule has 0 unspecified atom stereocenters. The molecule has 3 N–H and O–H groups in total. The van der Waals surface area contributed by atoms with Crippen molar-refractivity contribution < 1.29 is 19.1 Å². The Morgan fingerprint density at radius 3 is 2.39 bits per heavy atom. The number of ether oxygens (including phenoxy) is 2. The van der Waals surface area contributed by atoms with Crippen LogP contribution in [0, 0.1) is 0 Å². The van der Waals surface area contributed by atoms with Crippen molar-refractivity contribution in [1.82, 2.24) is 0 Å². The van der Waals surface area contributed by atoms with Crippen LogP contribution in [-0.2, 0) is 14.3 Å². The van der Waals surface area contributed by atoms with Crippen LogP contribution < -0.4 is 15.8 Å². The highest BCUT2D eigenvalue weighted by atomic mass is 35.5. The zero-order chi connectivity index (χ0) is 12.7. The van der Waals surface area contributed by atoms with E-state index in [9.17, 15) is 9.59 Å². The largest absolute Gasteiger partial charge is 0.482 e. The third-order valence-electron chi connectivity index (χ3n) is 1.91. The molecule has 0 spiro atoms. The van der Waals surface area contributed by atoms with Crippen molar-refractivity contribution in [2.24, 2.45) is 5.73 Å². The summed E-state index contributed by atoms with van der Waals surface area (Å²) < 4.78 is 9.56. The second-order valence-electron chi connectivity index (χ2n) is 3.14. The van der Waals surface area contributed by atoms with E-state index in [4.69, 9.17) is 10.5 Å². The topological polar surface area (TPSA) is 90.6 Å². The van der Waals surface area contributed by atoms with Gasteiger partial charge in [-0.1, -0.05) is 0 Å². The number of nitrogens with two attached hydrogens (primary N) is 1. The van der Waals surface area contributed by atoms with Crippen molar-refractivity contribution in [2.45, 2.75) is 0 Å². The summed E-state index contributed by atoms with van der Waals surface area (Å²) in [5.74, 6) is -0.208. The maximum atomic E-state index is 11.0. The molecule has 18 heavy (non-hydrogen) atoms. The van der Waals surface area contributed by atoms with Crippen molar-refractivity contribution in [1.29, 1.82) is 0 Å². The van der Waals surface area contributed by atoms with Crippen molar-refractivity contribution in [2.75, 3.05) is 25.6 Å². The molecule has 0 aliphatic rings. The summed E-state index contributed by atoms with van der Waals surface area (Å²) in [7, 11) is 1.29. The smallest absolute Gasteiger partial charge is 0.343 e.